The van der Waals surface area contributed by atoms with Gasteiger partial charge < -0.3 is 14.9 Å². The maximum Gasteiger partial charge on any atom is 0.306 e. The predicted octanol–water partition coefficient (Wildman–Crippen LogP) is 1.71. The Morgan fingerprint density at radius 3 is 2.71 bits per heavy atom. The molecule has 1 amide bonds. The quantitative estimate of drug-likeness (QED) is 0.832. The molecule has 0 spiro atoms. The Labute approximate surface area is 122 Å². The average molecular weight is 292 g/mol. The van der Waals surface area contributed by atoms with Crippen LogP contribution >= 0.6 is 0 Å². The van der Waals surface area contributed by atoms with Gasteiger partial charge in [0.25, 0.3) is 0 Å². The number of rotatable bonds is 6. The first-order valence-electron chi connectivity index (χ1n) is 7.59. The van der Waals surface area contributed by atoms with E-state index in [1.807, 2.05) is 6.07 Å². The van der Waals surface area contributed by atoms with E-state index < -0.39 is 5.97 Å². The van der Waals surface area contributed by atoms with Crippen LogP contribution in [-0.4, -0.2) is 28.7 Å². The molecule has 2 aliphatic rings. The summed E-state index contributed by atoms with van der Waals surface area (Å²) in [5, 5.41) is 15.8. The van der Waals surface area contributed by atoms with Gasteiger partial charge in [0.05, 0.1) is 11.6 Å². The second-order valence-corrected chi connectivity index (χ2v) is 6.08. The van der Waals surface area contributed by atoms with Crippen molar-refractivity contribution >= 4 is 11.9 Å². The first-order chi connectivity index (χ1) is 10.1. The number of aromatic nitrogens is 1. The molecule has 2 N–H and O–H groups in total. The summed E-state index contributed by atoms with van der Waals surface area (Å²) >= 11 is 0. The molecule has 3 rings (SSSR count). The average Bonchev–Trinajstić information content (AvgIpc) is 3.01. The van der Waals surface area contributed by atoms with Crippen molar-refractivity contribution in [2.24, 2.45) is 11.8 Å². The Hall–Kier alpha value is -1.85. The van der Waals surface area contributed by atoms with E-state index in [1.165, 1.54) is 12.8 Å². The number of hydrogen-bond acceptors (Lipinski definition) is 4. The molecule has 0 aliphatic heterocycles. The molecule has 0 saturated heterocycles. The normalized spacial score (nSPS) is 25.0. The maximum atomic E-state index is 12.0. The molecule has 0 unspecified atom stereocenters. The van der Waals surface area contributed by atoms with Crippen LogP contribution < -0.4 is 5.32 Å². The monoisotopic (exact) mass is 292 g/mol. The lowest BCUT2D eigenvalue weighted by Crippen LogP contribution is -2.31. The number of nitrogens with one attached hydrogen (secondary N) is 1. The van der Waals surface area contributed by atoms with Crippen LogP contribution in [0, 0.1) is 11.8 Å². The molecular formula is C15H20N2O4. The topological polar surface area (TPSA) is 92.4 Å². The van der Waals surface area contributed by atoms with Crippen LogP contribution in [-0.2, 0) is 16.0 Å². The minimum Gasteiger partial charge on any atom is -0.481 e. The summed E-state index contributed by atoms with van der Waals surface area (Å²) < 4.78 is 5.26. The summed E-state index contributed by atoms with van der Waals surface area (Å²) in [5.41, 5.74) is 0.868. The van der Waals surface area contributed by atoms with Crippen molar-refractivity contribution in [3.05, 3.63) is 17.5 Å². The number of carboxylic acid groups (broad SMARTS) is 1. The molecule has 2 saturated carbocycles. The van der Waals surface area contributed by atoms with Gasteiger partial charge in [0.2, 0.25) is 5.91 Å². The molecule has 2 aliphatic carbocycles. The Morgan fingerprint density at radius 2 is 2.05 bits per heavy atom. The minimum atomic E-state index is -0.791. The van der Waals surface area contributed by atoms with Gasteiger partial charge in [-0.2, -0.15) is 0 Å². The maximum absolute atomic E-state index is 12.0. The highest BCUT2D eigenvalue weighted by molar-refractivity contribution is 5.80. The Bertz CT molecular complexity index is 536. The summed E-state index contributed by atoms with van der Waals surface area (Å²) in [6.07, 6.45) is 4.73. The van der Waals surface area contributed by atoms with Gasteiger partial charge >= 0.3 is 5.97 Å². The fourth-order valence-electron chi connectivity index (χ4n) is 2.91. The van der Waals surface area contributed by atoms with Crippen LogP contribution in [0.5, 0.6) is 0 Å². The van der Waals surface area contributed by atoms with E-state index >= 15 is 0 Å². The zero-order chi connectivity index (χ0) is 14.8. The van der Waals surface area contributed by atoms with Crippen molar-refractivity contribution < 1.29 is 19.2 Å². The highest BCUT2D eigenvalue weighted by Gasteiger charge is 2.33. The zero-order valence-electron chi connectivity index (χ0n) is 11.9. The van der Waals surface area contributed by atoms with Crippen molar-refractivity contribution in [3.8, 4) is 0 Å². The summed E-state index contributed by atoms with van der Waals surface area (Å²) in [6.45, 7) is 0.518. The van der Waals surface area contributed by atoms with Gasteiger partial charge in [0.15, 0.2) is 0 Å². The van der Waals surface area contributed by atoms with E-state index in [1.54, 1.807) is 0 Å². The van der Waals surface area contributed by atoms with Crippen molar-refractivity contribution in [3.63, 3.8) is 0 Å². The van der Waals surface area contributed by atoms with E-state index in [4.69, 9.17) is 9.63 Å². The molecule has 2 atom stereocenters. The standard InChI is InChI=1S/C15H20N2O4/c18-14(10-3-4-11(7-10)15(19)20)16-6-5-12-8-13(21-17-12)9-1-2-9/h8-11H,1-7H2,(H,16,18)(H,19,20)/t10-,11+/m0/s1. The lowest BCUT2D eigenvalue weighted by molar-refractivity contribution is -0.141. The van der Waals surface area contributed by atoms with Gasteiger partial charge in [-0.15, -0.1) is 0 Å². The number of amides is 1. The molecular weight excluding hydrogens is 272 g/mol. The second kappa shape index (κ2) is 5.87. The summed E-state index contributed by atoms with van der Waals surface area (Å²) in [4.78, 5) is 22.9. The van der Waals surface area contributed by atoms with E-state index in [9.17, 15) is 9.59 Å². The van der Waals surface area contributed by atoms with Gasteiger partial charge in [0.1, 0.15) is 5.76 Å². The second-order valence-electron chi connectivity index (χ2n) is 6.08. The molecule has 1 aromatic rings. The van der Waals surface area contributed by atoms with Crippen molar-refractivity contribution in [2.75, 3.05) is 6.54 Å². The molecule has 2 fully saturated rings. The fraction of sp³-hybridized carbons (Fsp3) is 0.667. The van der Waals surface area contributed by atoms with Gasteiger partial charge in [-0.3, -0.25) is 9.59 Å². The third-order valence-electron chi connectivity index (χ3n) is 4.39. The van der Waals surface area contributed by atoms with Crippen LogP contribution in [0.2, 0.25) is 0 Å². The van der Waals surface area contributed by atoms with Gasteiger partial charge in [-0.1, -0.05) is 5.16 Å². The first kappa shape index (κ1) is 14.1. The lowest BCUT2D eigenvalue weighted by Gasteiger charge is -2.09. The van der Waals surface area contributed by atoms with E-state index in [0.29, 0.717) is 38.1 Å². The van der Waals surface area contributed by atoms with Crippen LogP contribution in [0.3, 0.4) is 0 Å². The Balaban J connectivity index is 1.40. The third kappa shape index (κ3) is 3.43. The number of nitrogens with zero attached hydrogens (tertiary/aromatic N) is 1. The van der Waals surface area contributed by atoms with Crippen LogP contribution in [0.4, 0.5) is 0 Å². The molecule has 6 heteroatoms. The Morgan fingerprint density at radius 1 is 1.29 bits per heavy atom. The molecule has 1 heterocycles. The molecule has 1 aromatic heterocycles. The third-order valence-corrected chi connectivity index (χ3v) is 4.39. The van der Waals surface area contributed by atoms with Crippen LogP contribution in [0.15, 0.2) is 10.6 Å². The lowest BCUT2D eigenvalue weighted by atomic mass is 10.0. The first-order valence-corrected chi connectivity index (χ1v) is 7.59. The van der Waals surface area contributed by atoms with Gasteiger partial charge in [-0.25, -0.2) is 0 Å². The fourth-order valence-corrected chi connectivity index (χ4v) is 2.91. The molecule has 0 radical (unpaired) electrons. The number of carboxylic acids is 1. The highest BCUT2D eigenvalue weighted by Crippen LogP contribution is 2.40. The van der Waals surface area contributed by atoms with E-state index in [2.05, 4.69) is 10.5 Å². The van der Waals surface area contributed by atoms with E-state index in [-0.39, 0.29) is 17.7 Å². The van der Waals surface area contributed by atoms with Crippen molar-refractivity contribution in [1.29, 1.82) is 0 Å². The number of carbonyl (C=O) groups is 2. The molecule has 0 bridgehead atoms. The molecule has 114 valence electrons. The SMILES string of the molecule is O=C(O)[C@@H]1CC[C@H](C(=O)NCCc2cc(C3CC3)on2)C1. The molecule has 21 heavy (non-hydrogen) atoms. The smallest absolute Gasteiger partial charge is 0.306 e. The summed E-state index contributed by atoms with van der Waals surface area (Å²) in [6, 6.07) is 1.97. The van der Waals surface area contributed by atoms with Crippen LogP contribution in [0.1, 0.15) is 49.5 Å². The molecule has 0 aromatic carbocycles. The highest BCUT2D eigenvalue weighted by atomic mass is 16.5. The summed E-state index contributed by atoms with van der Waals surface area (Å²) in [7, 11) is 0. The van der Waals surface area contributed by atoms with Crippen molar-refractivity contribution in [2.45, 2.75) is 44.4 Å². The van der Waals surface area contributed by atoms with Gasteiger partial charge in [0, 0.05) is 30.9 Å². The largest absolute Gasteiger partial charge is 0.481 e. The van der Waals surface area contributed by atoms with Crippen LogP contribution in [0.25, 0.3) is 0 Å². The number of aliphatic carboxylic acids is 1. The number of hydrogen-bond donors (Lipinski definition) is 2. The molecule has 6 nitrogen and oxygen atoms in total. The minimum absolute atomic E-state index is 0.0374. The van der Waals surface area contributed by atoms with E-state index in [0.717, 1.165) is 11.5 Å². The predicted molar refractivity (Wildman–Crippen MR) is 73.7 cm³/mol. The zero-order valence-corrected chi connectivity index (χ0v) is 11.9. The summed E-state index contributed by atoms with van der Waals surface area (Å²) in [5.74, 6) is 0.150. The van der Waals surface area contributed by atoms with Crippen molar-refractivity contribution in [1.82, 2.24) is 10.5 Å². The Kier molecular flexibility index (Phi) is 3.94. The van der Waals surface area contributed by atoms with Gasteiger partial charge in [-0.05, 0) is 32.1 Å². The number of carbonyl (C=O) groups excluding carboxylic acids is 1.